The summed E-state index contributed by atoms with van der Waals surface area (Å²) in [5.74, 6) is -0.321. The summed E-state index contributed by atoms with van der Waals surface area (Å²) in [5.41, 5.74) is 5.70. The van der Waals surface area contributed by atoms with E-state index in [0.717, 1.165) is 33.4 Å². The highest BCUT2D eigenvalue weighted by Crippen LogP contribution is 2.25. The van der Waals surface area contributed by atoms with E-state index in [4.69, 9.17) is 0 Å². The van der Waals surface area contributed by atoms with Gasteiger partial charge in [0.1, 0.15) is 5.69 Å². The Morgan fingerprint density at radius 1 is 1.17 bits per heavy atom. The molecule has 0 saturated heterocycles. The van der Waals surface area contributed by atoms with Crippen LogP contribution in [0.5, 0.6) is 0 Å². The molecular weight excluding hydrogens is 378 g/mol. The van der Waals surface area contributed by atoms with Crippen molar-refractivity contribution in [2.45, 2.75) is 27.3 Å². The van der Waals surface area contributed by atoms with Crippen molar-refractivity contribution in [2.24, 2.45) is 7.05 Å². The van der Waals surface area contributed by atoms with Gasteiger partial charge >= 0.3 is 0 Å². The first-order valence-electron chi connectivity index (χ1n) is 9.70. The van der Waals surface area contributed by atoms with Crippen LogP contribution in [0.2, 0.25) is 0 Å². The van der Waals surface area contributed by atoms with E-state index in [1.165, 1.54) is 0 Å². The number of rotatable bonds is 4. The fraction of sp³-hybridized carbons (Fsp3) is 0.217. The first kappa shape index (κ1) is 19.6. The fourth-order valence-electron chi connectivity index (χ4n) is 3.64. The zero-order chi connectivity index (χ0) is 21.4. The van der Waals surface area contributed by atoms with Crippen molar-refractivity contribution in [1.82, 2.24) is 24.8 Å². The van der Waals surface area contributed by atoms with Gasteiger partial charge in [-0.3, -0.25) is 14.6 Å². The van der Waals surface area contributed by atoms with E-state index in [0.29, 0.717) is 17.0 Å². The van der Waals surface area contributed by atoms with E-state index < -0.39 is 0 Å². The summed E-state index contributed by atoms with van der Waals surface area (Å²) in [6.07, 6.45) is 3.63. The summed E-state index contributed by atoms with van der Waals surface area (Å²) in [4.78, 5) is 37.0. The highest BCUT2D eigenvalue weighted by atomic mass is 16.2. The summed E-state index contributed by atoms with van der Waals surface area (Å²) < 4.78 is 1.96. The Balaban J connectivity index is 1.73. The molecule has 0 aromatic carbocycles. The number of amides is 1. The quantitative estimate of drug-likeness (QED) is 0.549. The lowest BCUT2D eigenvalue weighted by Crippen LogP contribution is -2.28. The minimum absolute atomic E-state index is 0.134. The van der Waals surface area contributed by atoms with Crippen LogP contribution in [0.4, 0.5) is 0 Å². The van der Waals surface area contributed by atoms with E-state index >= 15 is 0 Å². The Hall–Kier alpha value is -3.74. The Morgan fingerprint density at radius 3 is 2.70 bits per heavy atom. The van der Waals surface area contributed by atoms with Gasteiger partial charge in [-0.15, -0.1) is 0 Å². The van der Waals surface area contributed by atoms with Crippen molar-refractivity contribution in [3.05, 3.63) is 81.3 Å². The molecule has 0 aliphatic heterocycles. The monoisotopic (exact) mass is 401 g/mol. The van der Waals surface area contributed by atoms with E-state index in [1.807, 2.05) is 68.9 Å². The highest BCUT2D eigenvalue weighted by molar-refractivity contribution is 6.05. The molecule has 0 unspecified atom stereocenters. The molecule has 4 aromatic rings. The minimum atomic E-state index is -0.321. The zero-order valence-electron chi connectivity index (χ0n) is 17.4. The molecule has 4 rings (SSSR count). The van der Waals surface area contributed by atoms with Gasteiger partial charge in [0.05, 0.1) is 11.2 Å². The topological polar surface area (TPSA) is 92.7 Å². The molecule has 4 aromatic heterocycles. The van der Waals surface area contributed by atoms with Gasteiger partial charge in [-0.05, 0) is 56.7 Å². The molecule has 0 spiro atoms. The lowest BCUT2D eigenvalue weighted by molar-refractivity contribution is 0.0947. The van der Waals surface area contributed by atoms with Gasteiger partial charge in [0.25, 0.3) is 11.5 Å². The zero-order valence-corrected chi connectivity index (χ0v) is 17.4. The molecule has 30 heavy (non-hydrogen) atoms. The molecule has 4 heterocycles. The molecule has 0 atom stereocenters. The van der Waals surface area contributed by atoms with E-state index in [9.17, 15) is 9.59 Å². The number of aryl methyl sites for hydroxylation is 4. The Bertz CT molecular complexity index is 1330. The molecule has 7 nitrogen and oxygen atoms in total. The lowest BCUT2D eigenvalue weighted by Gasteiger charge is -2.11. The Labute approximate surface area is 173 Å². The maximum atomic E-state index is 13.1. The Kier molecular flexibility index (Phi) is 4.95. The largest absolute Gasteiger partial charge is 0.350 e. The molecular formula is C23H23N5O2. The molecule has 0 saturated carbocycles. The number of hydrogen-bond acceptors (Lipinski definition) is 4. The van der Waals surface area contributed by atoms with Gasteiger partial charge in [0, 0.05) is 53.9 Å². The summed E-state index contributed by atoms with van der Waals surface area (Å²) in [6, 6.07) is 9.55. The number of hydrogen-bond donors (Lipinski definition) is 2. The third-order valence-corrected chi connectivity index (χ3v) is 5.21. The Morgan fingerprint density at radius 2 is 1.97 bits per heavy atom. The standard InChI is InChI=1S/C23H23N5O2/c1-13-9-15(3)26-22(29)18(13)12-25-23(30)21-17-6-8-28(4)20(17)11-19(27-21)16-5-7-24-14(2)10-16/h5-11H,12H2,1-4H3,(H,25,30)(H,26,29). The van der Waals surface area contributed by atoms with Crippen LogP contribution < -0.4 is 10.9 Å². The molecule has 0 aliphatic carbocycles. The number of carbonyl (C=O) groups excluding carboxylic acids is 1. The van der Waals surface area contributed by atoms with Gasteiger partial charge < -0.3 is 14.9 Å². The molecule has 0 radical (unpaired) electrons. The summed E-state index contributed by atoms with van der Waals surface area (Å²) in [5, 5.41) is 3.63. The average molecular weight is 401 g/mol. The number of carbonyl (C=O) groups is 1. The highest BCUT2D eigenvalue weighted by Gasteiger charge is 2.17. The second-order valence-electron chi connectivity index (χ2n) is 7.53. The van der Waals surface area contributed by atoms with Crippen molar-refractivity contribution in [2.75, 3.05) is 0 Å². The third kappa shape index (κ3) is 3.61. The maximum Gasteiger partial charge on any atom is 0.270 e. The number of fused-ring (bicyclic) bond motifs is 1. The number of nitrogens with one attached hydrogen (secondary N) is 2. The molecule has 152 valence electrons. The predicted molar refractivity (Wildman–Crippen MR) is 116 cm³/mol. The molecule has 2 N–H and O–H groups in total. The average Bonchev–Trinajstić information content (AvgIpc) is 3.07. The van der Waals surface area contributed by atoms with E-state index in [-0.39, 0.29) is 18.0 Å². The summed E-state index contributed by atoms with van der Waals surface area (Å²) >= 11 is 0. The molecule has 7 heteroatoms. The summed E-state index contributed by atoms with van der Waals surface area (Å²) in [7, 11) is 1.93. The van der Waals surface area contributed by atoms with Gasteiger partial charge in [0.2, 0.25) is 0 Å². The van der Waals surface area contributed by atoms with Crippen LogP contribution in [-0.2, 0) is 13.6 Å². The van der Waals surface area contributed by atoms with Gasteiger partial charge in [-0.25, -0.2) is 4.98 Å². The van der Waals surface area contributed by atoms with Crippen LogP contribution in [0, 0.1) is 20.8 Å². The van der Waals surface area contributed by atoms with Crippen molar-refractivity contribution in [3.8, 4) is 11.3 Å². The van der Waals surface area contributed by atoms with Gasteiger partial charge in [-0.2, -0.15) is 0 Å². The number of pyridine rings is 3. The SMILES string of the molecule is Cc1cc(-c2cc3c(ccn3C)c(C(=O)NCc3c(C)cc(C)[nH]c3=O)n2)ccn1. The second-order valence-corrected chi connectivity index (χ2v) is 7.53. The third-order valence-electron chi connectivity index (χ3n) is 5.21. The van der Waals surface area contributed by atoms with Crippen LogP contribution >= 0.6 is 0 Å². The molecule has 0 bridgehead atoms. The lowest BCUT2D eigenvalue weighted by atomic mass is 10.1. The predicted octanol–water partition coefficient (Wildman–Crippen LogP) is 3.18. The number of aromatic amines is 1. The molecule has 1 amide bonds. The molecule has 0 aliphatic rings. The minimum Gasteiger partial charge on any atom is -0.350 e. The van der Waals surface area contributed by atoms with Crippen molar-refractivity contribution < 1.29 is 4.79 Å². The van der Waals surface area contributed by atoms with Crippen LogP contribution in [0.25, 0.3) is 22.2 Å². The normalized spacial score (nSPS) is 11.1. The van der Waals surface area contributed by atoms with Crippen molar-refractivity contribution in [1.29, 1.82) is 0 Å². The number of aromatic nitrogens is 4. The van der Waals surface area contributed by atoms with Crippen LogP contribution in [0.1, 0.15) is 33.0 Å². The van der Waals surface area contributed by atoms with Crippen LogP contribution in [0.15, 0.2) is 47.5 Å². The smallest absolute Gasteiger partial charge is 0.270 e. The van der Waals surface area contributed by atoms with Crippen molar-refractivity contribution >= 4 is 16.8 Å². The second kappa shape index (κ2) is 7.59. The molecule has 0 fully saturated rings. The summed E-state index contributed by atoms with van der Waals surface area (Å²) in [6.45, 7) is 5.75. The fourth-order valence-corrected chi connectivity index (χ4v) is 3.64. The number of nitrogens with zero attached hydrogens (tertiary/aromatic N) is 3. The van der Waals surface area contributed by atoms with Crippen LogP contribution in [0.3, 0.4) is 0 Å². The van der Waals surface area contributed by atoms with Crippen molar-refractivity contribution in [3.63, 3.8) is 0 Å². The van der Waals surface area contributed by atoms with Gasteiger partial charge in [-0.1, -0.05) is 0 Å². The van der Waals surface area contributed by atoms with E-state index in [1.54, 1.807) is 6.20 Å². The van der Waals surface area contributed by atoms with Gasteiger partial charge in [0.15, 0.2) is 0 Å². The first-order chi connectivity index (χ1) is 14.3. The van der Waals surface area contributed by atoms with E-state index in [2.05, 4.69) is 20.3 Å². The number of H-pyrrole nitrogens is 1. The van der Waals surface area contributed by atoms with Crippen LogP contribution in [-0.4, -0.2) is 25.4 Å². The first-order valence-corrected chi connectivity index (χ1v) is 9.70. The maximum absolute atomic E-state index is 13.1.